The molecule has 35 heavy (non-hydrogen) atoms. The van der Waals surface area contributed by atoms with Crippen molar-refractivity contribution in [3.63, 3.8) is 0 Å². The number of rotatable bonds is 4. The average Bonchev–Trinajstić information content (AvgIpc) is 3.43. The zero-order valence-electron chi connectivity index (χ0n) is 20.0. The molecular weight excluding hydrogens is 440 g/mol. The third-order valence-corrected chi connectivity index (χ3v) is 8.31. The van der Waals surface area contributed by atoms with Gasteiger partial charge in [0, 0.05) is 22.0 Å². The van der Waals surface area contributed by atoms with Crippen LogP contribution < -0.4 is 10.1 Å². The fourth-order valence-corrected chi connectivity index (χ4v) is 6.54. The number of aliphatic carboxylic acids is 1. The quantitative estimate of drug-likeness (QED) is 0.497. The topological polar surface area (TPSA) is 80.6 Å². The average molecular weight is 473 g/mol. The Hall–Kier alpha value is -3.28. The maximum absolute atomic E-state index is 13.3. The van der Waals surface area contributed by atoms with E-state index in [1.54, 1.807) is 0 Å². The molecule has 182 valence electrons. The number of nitrogens with zero attached hydrogens (tertiary/aromatic N) is 1. The summed E-state index contributed by atoms with van der Waals surface area (Å²) in [6, 6.07) is 14.2. The first-order chi connectivity index (χ1) is 17.1. The molecule has 2 N–H and O–H groups in total. The highest BCUT2D eigenvalue weighted by Gasteiger charge is 2.42. The van der Waals surface area contributed by atoms with Crippen LogP contribution in [0.1, 0.15) is 79.6 Å². The Labute approximate surface area is 205 Å². The molecule has 2 aliphatic carbocycles. The fraction of sp³-hybridized carbons (Fsp3) is 0.448. The molecule has 0 atom stereocenters. The van der Waals surface area contributed by atoms with E-state index in [4.69, 9.17) is 4.74 Å². The van der Waals surface area contributed by atoms with Crippen LogP contribution in [-0.4, -0.2) is 33.7 Å². The maximum Gasteiger partial charge on any atom is 0.329 e. The monoisotopic (exact) mass is 472 g/mol. The zero-order chi connectivity index (χ0) is 24.0. The zero-order valence-corrected chi connectivity index (χ0v) is 20.0. The lowest BCUT2D eigenvalue weighted by Gasteiger charge is -2.25. The van der Waals surface area contributed by atoms with Crippen LogP contribution in [0.3, 0.4) is 0 Å². The predicted octanol–water partition coefficient (Wildman–Crippen LogP) is 5.88. The largest absolute Gasteiger partial charge is 0.491 e. The number of fused-ring (bicyclic) bond motifs is 5. The smallest absolute Gasteiger partial charge is 0.329 e. The molecule has 0 bridgehead atoms. The molecule has 0 saturated heterocycles. The number of carbonyl (C=O) groups is 2. The van der Waals surface area contributed by atoms with E-state index in [1.165, 1.54) is 48.7 Å². The number of aromatic nitrogens is 1. The number of carboxylic acid groups (broad SMARTS) is 1. The second-order valence-electron chi connectivity index (χ2n) is 10.4. The summed E-state index contributed by atoms with van der Waals surface area (Å²) < 4.78 is 8.44. The van der Waals surface area contributed by atoms with Crippen molar-refractivity contribution in [3.8, 4) is 17.0 Å². The van der Waals surface area contributed by atoms with E-state index in [-0.39, 0.29) is 5.91 Å². The van der Waals surface area contributed by atoms with E-state index in [0.717, 1.165) is 29.7 Å². The molecule has 1 aliphatic heterocycles. The number of nitrogens with one attached hydrogen (secondary N) is 1. The predicted molar refractivity (Wildman–Crippen MR) is 135 cm³/mol. The second kappa shape index (κ2) is 8.74. The van der Waals surface area contributed by atoms with E-state index >= 15 is 0 Å². The lowest BCUT2D eigenvalue weighted by Crippen LogP contribution is -2.52. The Morgan fingerprint density at radius 1 is 1.00 bits per heavy atom. The van der Waals surface area contributed by atoms with E-state index in [9.17, 15) is 14.7 Å². The van der Waals surface area contributed by atoms with E-state index in [1.807, 2.05) is 24.3 Å². The highest BCUT2D eigenvalue weighted by molar-refractivity contribution is 6.03. The highest BCUT2D eigenvalue weighted by Crippen LogP contribution is 2.47. The van der Waals surface area contributed by atoms with Crippen molar-refractivity contribution in [2.45, 2.75) is 75.8 Å². The lowest BCUT2D eigenvalue weighted by atomic mass is 9.81. The number of amides is 1. The summed E-state index contributed by atoms with van der Waals surface area (Å²) in [4.78, 5) is 25.3. The van der Waals surface area contributed by atoms with E-state index in [2.05, 4.69) is 28.1 Å². The van der Waals surface area contributed by atoms with E-state index in [0.29, 0.717) is 37.5 Å². The van der Waals surface area contributed by atoms with Gasteiger partial charge in [-0.1, -0.05) is 50.3 Å². The van der Waals surface area contributed by atoms with Crippen LogP contribution in [0, 0.1) is 0 Å². The van der Waals surface area contributed by atoms with Crippen molar-refractivity contribution in [2.75, 3.05) is 6.61 Å². The number of hydrogen-bond donors (Lipinski definition) is 2. The molecule has 6 nitrogen and oxygen atoms in total. The molecule has 2 fully saturated rings. The number of carbonyl (C=O) groups excluding carboxylic acids is 1. The minimum absolute atomic E-state index is 0.309. The third-order valence-electron chi connectivity index (χ3n) is 8.31. The number of hydrogen-bond acceptors (Lipinski definition) is 3. The summed E-state index contributed by atoms with van der Waals surface area (Å²) in [6.45, 7) is 1.27. The summed E-state index contributed by atoms with van der Waals surface area (Å²) in [7, 11) is 0. The summed E-state index contributed by atoms with van der Waals surface area (Å²) in [5.74, 6) is 0.154. The Balaban J connectivity index is 1.49. The Kier molecular flexibility index (Phi) is 5.54. The summed E-state index contributed by atoms with van der Waals surface area (Å²) in [5.41, 5.74) is 4.10. The third kappa shape index (κ3) is 3.70. The molecule has 3 aromatic rings. The van der Waals surface area contributed by atoms with Gasteiger partial charge in [0.05, 0.1) is 12.2 Å². The van der Waals surface area contributed by atoms with Crippen LogP contribution in [0.4, 0.5) is 0 Å². The van der Waals surface area contributed by atoms with Gasteiger partial charge in [-0.15, -0.1) is 0 Å². The van der Waals surface area contributed by atoms with Crippen LogP contribution in [0.5, 0.6) is 5.75 Å². The van der Waals surface area contributed by atoms with Crippen molar-refractivity contribution in [3.05, 3.63) is 53.6 Å². The standard InChI is InChI=1S/C29H32N2O4/c32-27(30-29(28(33)34)14-6-7-15-29)20-12-13-21-23(18-20)31-16-17-35-24-11-5-4-10-22(24)26(31)25(21)19-8-2-1-3-9-19/h4-5,10-13,18-19H,1-3,6-9,14-17H2,(H,30,32)(H,33,34). The first-order valence-corrected chi connectivity index (χ1v) is 13.0. The molecule has 6 rings (SSSR count). The molecule has 0 radical (unpaired) electrons. The Morgan fingerprint density at radius 3 is 2.54 bits per heavy atom. The molecule has 0 spiro atoms. The van der Waals surface area contributed by atoms with Gasteiger partial charge in [0.15, 0.2) is 0 Å². The van der Waals surface area contributed by atoms with Crippen molar-refractivity contribution >= 4 is 22.8 Å². The van der Waals surface area contributed by atoms with Gasteiger partial charge >= 0.3 is 5.97 Å². The molecule has 2 heterocycles. The molecule has 3 aliphatic rings. The van der Waals surface area contributed by atoms with Gasteiger partial charge in [0.1, 0.15) is 17.9 Å². The second-order valence-corrected chi connectivity index (χ2v) is 10.4. The fourth-order valence-electron chi connectivity index (χ4n) is 6.54. The lowest BCUT2D eigenvalue weighted by molar-refractivity contribution is -0.144. The van der Waals surface area contributed by atoms with Crippen LogP contribution in [-0.2, 0) is 11.3 Å². The number of ether oxygens (including phenoxy) is 1. The first kappa shape index (κ1) is 22.2. The summed E-state index contributed by atoms with van der Waals surface area (Å²) in [5, 5.41) is 13.9. The van der Waals surface area contributed by atoms with Gasteiger partial charge < -0.3 is 19.7 Å². The van der Waals surface area contributed by atoms with Crippen LogP contribution in [0.15, 0.2) is 42.5 Å². The van der Waals surface area contributed by atoms with Crippen molar-refractivity contribution in [1.29, 1.82) is 0 Å². The number of benzene rings is 2. The molecule has 1 amide bonds. The van der Waals surface area contributed by atoms with E-state index < -0.39 is 11.5 Å². The van der Waals surface area contributed by atoms with Gasteiger partial charge in [-0.05, 0) is 61.4 Å². The summed E-state index contributed by atoms with van der Waals surface area (Å²) in [6.07, 6.45) is 8.74. The number of para-hydroxylation sites is 1. The molecule has 2 saturated carbocycles. The van der Waals surface area contributed by atoms with Crippen LogP contribution in [0.25, 0.3) is 22.2 Å². The maximum atomic E-state index is 13.3. The normalized spacial score (nSPS) is 19.4. The molecular formula is C29H32N2O4. The van der Waals surface area contributed by atoms with Crippen LogP contribution >= 0.6 is 0 Å². The highest BCUT2D eigenvalue weighted by atomic mass is 16.5. The number of carboxylic acids is 1. The van der Waals surface area contributed by atoms with Crippen LogP contribution in [0.2, 0.25) is 0 Å². The van der Waals surface area contributed by atoms with Crippen molar-refractivity contribution < 1.29 is 19.4 Å². The molecule has 0 unspecified atom stereocenters. The van der Waals surface area contributed by atoms with Gasteiger partial charge in [0.25, 0.3) is 5.91 Å². The summed E-state index contributed by atoms with van der Waals surface area (Å²) >= 11 is 0. The SMILES string of the molecule is O=C(NC1(C(=O)O)CCCC1)c1ccc2c(C3CCCCC3)c3n(c2c1)CCOc1ccccc1-3. The first-order valence-electron chi connectivity index (χ1n) is 13.0. The van der Waals surface area contributed by atoms with Gasteiger partial charge in [-0.2, -0.15) is 0 Å². The Morgan fingerprint density at radius 2 is 1.77 bits per heavy atom. The molecule has 1 aromatic heterocycles. The molecule has 2 aromatic carbocycles. The minimum atomic E-state index is -1.15. The Bertz CT molecular complexity index is 1300. The van der Waals surface area contributed by atoms with Gasteiger partial charge in [-0.25, -0.2) is 4.79 Å². The minimum Gasteiger partial charge on any atom is -0.491 e. The van der Waals surface area contributed by atoms with Crippen molar-refractivity contribution in [2.24, 2.45) is 0 Å². The molecule has 6 heteroatoms. The van der Waals surface area contributed by atoms with Gasteiger partial charge in [0.2, 0.25) is 0 Å². The van der Waals surface area contributed by atoms with Gasteiger partial charge in [-0.3, -0.25) is 4.79 Å². The van der Waals surface area contributed by atoms with Crippen molar-refractivity contribution in [1.82, 2.24) is 9.88 Å².